The summed E-state index contributed by atoms with van der Waals surface area (Å²) in [4.78, 5) is 5.94. The number of hydrogen-bond donors (Lipinski definition) is 1. The molecule has 2 nitrogen and oxygen atoms in total. The van der Waals surface area contributed by atoms with Crippen LogP contribution in [0.3, 0.4) is 0 Å². The van der Waals surface area contributed by atoms with Crippen molar-refractivity contribution in [1.82, 2.24) is 10.3 Å². The number of hydrogen-bond acceptors (Lipinski definition) is 3. The molecule has 1 N–H and O–H groups in total. The molecule has 0 aliphatic rings. The lowest BCUT2D eigenvalue weighted by Gasteiger charge is -2.17. The molecule has 0 fully saturated rings. The molecule has 21 heavy (non-hydrogen) atoms. The van der Waals surface area contributed by atoms with E-state index < -0.39 is 0 Å². The van der Waals surface area contributed by atoms with Crippen LogP contribution in [0.15, 0.2) is 18.2 Å². The molecular formula is C17H23FN2S. The Labute approximate surface area is 130 Å². The third kappa shape index (κ3) is 3.50. The highest BCUT2D eigenvalue weighted by atomic mass is 32.1. The van der Waals surface area contributed by atoms with Crippen LogP contribution in [0.1, 0.15) is 43.8 Å². The van der Waals surface area contributed by atoms with Crippen molar-refractivity contribution < 1.29 is 4.39 Å². The van der Waals surface area contributed by atoms with Gasteiger partial charge in [-0.15, -0.1) is 11.3 Å². The van der Waals surface area contributed by atoms with Crippen LogP contribution in [0.5, 0.6) is 0 Å². The van der Waals surface area contributed by atoms with Gasteiger partial charge in [0.1, 0.15) is 10.8 Å². The van der Waals surface area contributed by atoms with E-state index in [1.165, 1.54) is 4.88 Å². The van der Waals surface area contributed by atoms with Gasteiger partial charge in [-0.1, -0.05) is 39.8 Å². The molecule has 0 saturated carbocycles. The van der Waals surface area contributed by atoms with Gasteiger partial charge in [0.25, 0.3) is 0 Å². The van der Waals surface area contributed by atoms with Crippen LogP contribution < -0.4 is 5.32 Å². The Kier molecular flexibility index (Phi) is 4.79. The second-order valence-electron chi connectivity index (χ2n) is 6.26. The molecule has 2 rings (SSSR count). The van der Waals surface area contributed by atoms with Crippen molar-refractivity contribution in [2.24, 2.45) is 0 Å². The highest BCUT2D eigenvalue weighted by Gasteiger charge is 2.24. The predicted molar refractivity (Wildman–Crippen MR) is 88.3 cm³/mol. The van der Waals surface area contributed by atoms with E-state index in [1.54, 1.807) is 24.3 Å². The van der Waals surface area contributed by atoms with Gasteiger partial charge in [-0.05, 0) is 25.1 Å². The van der Waals surface area contributed by atoms with Crippen LogP contribution in [0.2, 0.25) is 0 Å². The van der Waals surface area contributed by atoms with Gasteiger partial charge < -0.3 is 5.32 Å². The summed E-state index contributed by atoms with van der Waals surface area (Å²) in [5, 5.41) is 4.12. The summed E-state index contributed by atoms with van der Waals surface area (Å²) >= 11 is 1.59. The van der Waals surface area contributed by atoms with Gasteiger partial charge in [0, 0.05) is 22.4 Å². The number of aryl methyl sites for hydroxylation is 1. The Hall–Kier alpha value is -1.26. The third-order valence-electron chi connectivity index (χ3n) is 3.37. The average Bonchev–Trinajstić information content (AvgIpc) is 2.83. The van der Waals surface area contributed by atoms with Gasteiger partial charge in [-0.2, -0.15) is 0 Å². The number of rotatable bonds is 4. The van der Waals surface area contributed by atoms with Crippen LogP contribution >= 0.6 is 11.3 Å². The number of nitrogens with zero attached hydrogens (tertiary/aromatic N) is 1. The fourth-order valence-electron chi connectivity index (χ4n) is 2.22. The summed E-state index contributed by atoms with van der Waals surface area (Å²) in [5.74, 6) is -0.165. The lowest BCUT2D eigenvalue weighted by molar-refractivity contribution is 0.561. The number of halogens is 1. The Bertz CT molecular complexity index is 626. The molecular weight excluding hydrogens is 283 g/mol. The zero-order valence-corrected chi connectivity index (χ0v) is 14.2. The molecule has 0 atom stereocenters. The fourth-order valence-corrected chi connectivity index (χ4v) is 3.48. The standard InChI is InChI=1S/C17H23FN2S/c1-6-19-10-13-15(17(3,4)5)20-16(21-13)12-9-7-8-11(2)14(12)18/h7-9,19H,6,10H2,1-5H3. The fraction of sp³-hybridized carbons (Fsp3) is 0.471. The lowest BCUT2D eigenvalue weighted by atomic mass is 9.91. The quantitative estimate of drug-likeness (QED) is 0.888. The van der Waals surface area contributed by atoms with Crippen molar-refractivity contribution in [3.63, 3.8) is 0 Å². The summed E-state index contributed by atoms with van der Waals surface area (Å²) in [5.41, 5.74) is 2.28. The molecule has 0 bridgehead atoms. The predicted octanol–water partition coefficient (Wildman–Crippen LogP) is 4.66. The Morgan fingerprint density at radius 3 is 2.62 bits per heavy atom. The van der Waals surface area contributed by atoms with E-state index in [4.69, 9.17) is 4.98 Å². The first-order valence-electron chi connectivity index (χ1n) is 7.31. The molecule has 4 heteroatoms. The summed E-state index contributed by atoms with van der Waals surface area (Å²) in [6.07, 6.45) is 0. The molecule has 1 aromatic carbocycles. The van der Waals surface area contributed by atoms with Gasteiger partial charge in [0.15, 0.2) is 0 Å². The van der Waals surface area contributed by atoms with Gasteiger partial charge in [-0.25, -0.2) is 9.37 Å². The molecule has 0 unspecified atom stereocenters. The molecule has 114 valence electrons. The second kappa shape index (κ2) is 6.24. The van der Waals surface area contributed by atoms with Crippen LogP contribution in [-0.4, -0.2) is 11.5 Å². The van der Waals surface area contributed by atoms with E-state index in [-0.39, 0.29) is 11.2 Å². The second-order valence-corrected chi connectivity index (χ2v) is 7.34. The highest BCUT2D eigenvalue weighted by Crippen LogP contribution is 2.35. The van der Waals surface area contributed by atoms with Crippen molar-refractivity contribution in [2.45, 2.75) is 46.6 Å². The third-order valence-corrected chi connectivity index (χ3v) is 4.45. The minimum absolute atomic E-state index is 0.0419. The van der Waals surface area contributed by atoms with E-state index >= 15 is 0 Å². The van der Waals surface area contributed by atoms with Crippen molar-refractivity contribution in [3.8, 4) is 10.6 Å². The monoisotopic (exact) mass is 306 g/mol. The van der Waals surface area contributed by atoms with E-state index in [1.807, 2.05) is 12.1 Å². The maximum atomic E-state index is 14.3. The highest BCUT2D eigenvalue weighted by molar-refractivity contribution is 7.15. The normalized spacial score (nSPS) is 11.9. The summed E-state index contributed by atoms with van der Waals surface area (Å²) in [6.45, 7) is 12.0. The van der Waals surface area contributed by atoms with Crippen LogP contribution in [0.25, 0.3) is 10.6 Å². The first-order valence-corrected chi connectivity index (χ1v) is 8.12. The largest absolute Gasteiger partial charge is 0.312 e. The molecule has 0 aliphatic heterocycles. The molecule has 0 aliphatic carbocycles. The molecule has 1 aromatic heterocycles. The van der Waals surface area contributed by atoms with Crippen LogP contribution in [0.4, 0.5) is 4.39 Å². The van der Waals surface area contributed by atoms with Crippen molar-refractivity contribution in [3.05, 3.63) is 40.2 Å². The first-order chi connectivity index (χ1) is 9.84. The van der Waals surface area contributed by atoms with Gasteiger partial charge in [0.2, 0.25) is 0 Å². The van der Waals surface area contributed by atoms with Gasteiger partial charge in [-0.3, -0.25) is 0 Å². The molecule has 0 spiro atoms. The van der Waals surface area contributed by atoms with Gasteiger partial charge >= 0.3 is 0 Å². The van der Waals surface area contributed by atoms with E-state index in [9.17, 15) is 4.39 Å². The minimum Gasteiger partial charge on any atom is -0.312 e. The Morgan fingerprint density at radius 1 is 1.29 bits per heavy atom. The molecule has 0 radical (unpaired) electrons. The van der Waals surface area contributed by atoms with Crippen LogP contribution in [0, 0.1) is 12.7 Å². The summed E-state index contributed by atoms with van der Waals surface area (Å²) in [7, 11) is 0. The summed E-state index contributed by atoms with van der Waals surface area (Å²) in [6, 6.07) is 5.48. The van der Waals surface area contributed by atoms with Crippen molar-refractivity contribution >= 4 is 11.3 Å². The van der Waals surface area contributed by atoms with E-state index in [0.717, 1.165) is 23.8 Å². The number of aromatic nitrogens is 1. The first kappa shape index (κ1) is 16.1. The summed E-state index contributed by atoms with van der Waals surface area (Å²) < 4.78 is 14.3. The maximum Gasteiger partial charge on any atom is 0.136 e. The van der Waals surface area contributed by atoms with E-state index in [0.29, 0.717) is 11.1 Å². The number of thiazole rings is 1. The van der Waals surface area contributed by atoms with E-state index in [2.05, 4.69) is 33.0 Å². The van der Waals surface area contributed by atoms with Gasteiger partial charge in [0.05, 0.1) is 5.69 Å². The SMILES string of the molecule is CCNCc1sc(-c2cccc(C)c2F)nc1C(C)(C)C. The van der Waals surface area contributed by atoms with Crippen molar-refractivity contribution in [2.75, 3.05) is 6.54 Å². The maximum absolute atomic E-state index is 14.3. The Balaban J connectivity index is 2.50. The smallest absolute Gasteiger partial charge is 0.136 e. The zero-order chi connectivity index (χ0) is 15.6. The number of nitrogens with one attached hydrogen (secondary N) is 1. The van der Waals surface area contributed by atoms with Crippen LogP contribution in [-0.2, 0) is 12.0 Å². The number of benzene rings is 1. The molecule has 1 heterocycles. The topological polar surface area (TPSA) is 24.9 Å². The molecule has 0 amide bonds. The molecule has 0 saturated heterocycles. The Morgan fingerprint density at radius 2 is 2.00 bits per heavy atom. The molecule has 2 aromatic rings. The van der Waals surface area contributed by atoms with Crippen molar-refractivity contribution in [1.29, 1.82) is 0 Å². The zero-order valence-electron chi connectivity index (χ0n) is 13.4. The average molecular weight is 306 g/mol. The lowest BCUT2D eigenvalue weighted by Crippen LogP contribution is -2.18. The minimum atomic E-state index is -0.165.